The van der Waals surface area contributed by atoms with E-state index in [2.05, 4.69) is 25.8 Å². The van der Waals surface area contributed by atoms with Crippen molar-refractivity contribution in [1.82, 2.24) is 25.2 Å². The molecule has 31 heavy (non-hydrogen) atoms. The van der Waals surface area contributed by atoms with Crippen molar-refractivity contribution in [1.29, 1.82) is 0 Å². The molecule has 0 bridgehead atoms. The number of guanidine groups is 1. The van der Waals surface area contributed by atoms with Gasteiger partial charge in [-0.2, -0.15) is 13.2 Å². The normalized spacial score (nSPS) is 13.3. The Labute approximate surface area is 178 Å². The van der Waals surface area contributed by atoms with Crippen LogP contribution in [0, 0.1) is 0 Å². The molecule has 166 valence electrons. The second kappa shape index (κ2) is 10.1. The van der Waals surface area contributed by atoms with Crippen LogP contribution in [0.5, 0.6) is 5.75 Å². The van der Waals surface area contributed by atoms with Crippen molar-refractivity contribution in [3.8, 4) is 5.75 Å². The average molecular weight is 434 g/mol. The molecule has 3 aromatic rings. The van der Waals surface area contributed by atoms with Gasteiger partial charge in [0, 0.05) is 26.2 Å². The van der Waals surface area contributed by atoms with Crippen molar-refractivity contribution in [2.45, 2.75) is 32.0 Å². The van der Waals surface area contributed by atoms with Gasteiger partial charge in [0.2, 0.25) is 0 Å². The summed E-state index contributed by atoms with van der Waals surface area (Å²) in [7, 11) is 1.65. The molecular weight excluding hydrogens is 409 g/mol. The highest BCUT2D eigenvalue weighted by Crippen LogP contribution is 2.31. The highest BCUT2D eigenvalue weighted by molar-refractivity contribution is 5.79. The summed E-state index contributed by atoms with van der Waals surface area (Å²) in [6.45, 7) is 2.88. The van der Waals surface area contributed by atoms with Crippen molar-refractivity contribution >= 4 is 11.6 Å². The number of ether oxygens (including phenoxy) is 1. The van der Waals surface area contributed by atoms with Gasteiger partial charge in [0.05, 0.1) is 12.1 Å². The van der Waals surface area contributed by atoms with Crippen LogP contribution in [0.2, 0.25) is 0 Å². The molecule has 0 aliphatic rings. The molecular formula is C21H25F3N6O. The summed E-state index contributed by atoms with van der Waals surface area (Å²) >= 11 is 0. The molecule has 3 rings (SSSR count). The first-order valence-electron chi connectivity index (χ1n) is 9.97. The lowest BCUT2D eigenvalue weighted by Crippen LogP contribution is -2.43. The third-order valence-electron chi connectivity index (χ3n) is 4.67. The Morgan fingerprint density at radius 1 is 1.16 bits per heavy atom. The molecule has 0 fully saturated rings. The number of alkyl halides is 3. The van der Waals surface area contributed by atoms with E-state index in [1.165, 1.54) is 12.1 Å². The van der Waals surface area contributed by atoms with E-state index in [1.807, 2.05) is 35.7 Å². The van der Waals surface area contributed by atoms with E-state index >= 15 is 0 Å². The number of nitrogens with zero attached hydrogens (tertiary/aromatic N) is 4. The third kappa shape index (κ3) is 6.09. The number of rotatable bonds is 8. The number of aliphatic imine (C=N–C) groups is 1. The lowest BCUT2D eigenvalue weighted by Gasteiger charge is -2.20. The zero-order chi connectivity index (χ0) is 22.3. The maximum absolute atomic E-state index is 12.9. The molecule has 1 atom stereocenters. The van der Waals surface area contributed by atoms with Crippen LogP contribution in [0.15, 0.2) is 53.7 Å². The molecule has 0 amide bonds. The molecule has 0 saturated carbocycles. The van der Waals surface area contributed by atoms with E-state index in [-0.39, 0.29) is 11.9 Å². The number of aromatic nitrogens is 3. The van der Waals surface area contributed by atoms with Crippen molar-refractivity contribution in [2.75, 3.05) is 20.1 Å². The molecule has 2 aromatic heterocycles. The molecule has 0 saturated heterocycles. The van der Waals surface area contributed by atoms with Crippen LogP contribution >= 0.6 is 0 Å². The Bertz CT molecular complexity index is 1020. The highest BCUT2D eigenvalue weighted by Gasteiger charge is 2.30. The SMILES string of the molecule is CCC(CNC(=NC)NCCc1nnc2ccccn12)Oc1cccc(C(F)(F)F)c1. The standard InChI is InChI=1S/C21H25F3N6O/c1-3-16(31-17-8-6-7-15(13-17)21(22,23)24)14-27-20(25-2)26-11-10-19-29-28-18-9-4-5-12-30(18)19/h4-9,12-13,16H,3,10-11,14H2,1-2H3,(H2,25,26,27). The van der Waals surface area contributed by atoms with Crippen LogP contribution in [0.1, 0.15) is 24.7 Å². The van der Waals surface area contributed by atoms with Crippen LogP contribution in [-0.4, -0.2) is 46.8 Å². The zero-order valence-corrected chi connectivity index (χ0v) is 17.4. The average Bonchev–Trinajstić information content (AvgIpc) is 3.18. The number of fused-ring (bicyclic) bond motifs is 1. The maximum Gasteiger partial charge on any atom is 0.416 e. The minimum Gasteiger partial charge on any atom is -0.489 e. The zero-order valence-electron chi connectivity index (χ0n) is 17.4. The van der Waals surface area contributed by atoms with Gasteiger partial charge < -0.3 is 15.4 Å². The Morgan fingerprint density at radius 2 is 2.00 bits per heavy atom. The van der Waals surface area contributed by atoms with Gasteiger partial charge in [-0.05, 0) is 36.8 Å². The van der Waals surface area contributed by atoms with Gasteiger partial charge in [-0.15, -0.1) is 10.2 Å². The van der Waals surface area contributed by atoms with Crippen molar-refractivity contribution in [2.24, 2.45) is 4.99 Å². The van der Waals surface area contributed by atoms with Gasteiger partial charge in [-0.1, -0.05) is 19.1 Å². The molecule has 10 heteroatoms. The van der Waals surface area contributed by atoms with Crippen LogP contribution in [0.4, 0.5) is 13.2 Å². The molecule has 1 aromatic carbocycles. The molecule has 0 aliphatic carbocycles. The monoisotopic (exact) mass is 434 g/mol. The Kier molecular flexibility index (Phi) is 7.32. The second-order valence-corrected chi connectivity index (χ2v) is 6.85. The van der Waals surface area contributed by atoms with E-state index in [1.54, 1.807) is 7.05 Å². The van der Waals surface area contributed by atoms with E-state index in [0.29, 0.717) is 31.9 Å². The number of nitrogens with one attached hydrogen (secondary N) is 2. The smallest absolute Gasteiger partial charge is 0.416 e. The van der Waals surface area contributed by atoms with Crippen molar-refractivity contribution < 1.29 is 17.9 Å². The lowest BCUT2D eigenvalue weighted by molar-refractivity contribution is -0.137. The maximum atomic E-state index is 12.9. The largest absolute Gasteiger partial charge is 0.489 e. The molecule has 0 spiro atoms. The number of halogens is 3. The van der Waals surface area contributed by atoms with Crippen LogP contribution in [0.25, 0.3) is 5.65 Å². The first kappa shape index (κ1) is 22.4. The van der Waals surface area contributed by atoms with Gasteiger partial charge in [0.15, 0.2) is 11.6 Å². The Balaban J connectivity index is 1.49. The summed E-state index contributed by atoms with van der Waals surface area (Å²) in [5.74, 6) is 1.59. The molecule has 0 aliphatic heterocycles. The van der Waals surface area contributed by atoms with E-state index < -0.39 is 11.7 Å². The molecule has 1 unspecified atom stereocenters. The summed E-state index contributed by atoms with van der Waals surface area (Å²) in [5.41, 5.74) is 0.0591. The van der Waals surface area contributed by atoms with E-state index in [4.69, 9.17) is 4.74 Å². The third-order valence-corrected chi connectivity index (χ3v) is 4.67. The number of pyridine rings is 1. The van der Waals surface area contributed by atoms with Gasteiger partial charge in [-0.3, -0.25) is 9.39 Å². The fourth-order valence-corrected chi connectivity index (χ4v) is 2.99. The van der Waals surface area contributed by atoms with Crippen LogP contribution in [0.3, 0.4) is 0 Å². The van der Waals surface area contributed by atoms with Gasteiger partial charge in [-0.25, -0.2) is 0 Å². The summed E-state index contributed by atoms with van der Waals surface area (Å²) in [4.78, 5) is 4.18. The number of hydrogen-bond donors (Lipinski definition) is 2. The molecule has 2 heterocycles. The number of benzene rings is 1. The molecule has 2 N–H and O–H groups in total. The number of hydrogen-bond acceptors (Lipinski definition) is 4. The predicted octanol–water partition coefficient (Wildman–Crippen LogP) is 3.31. The topological polar surface area (TPSA) is 75.8 Å². The van der Waals surface area contributed by atoms with Crippen molar-refractivity contribution in [3.63, 3.8) is 0 Å². The minimum atomic E-state index is -4.40. The van der Waals surface area contributed by atoms with E-state index in [0.717, 1.165) is 23.6 Å². The van der Waals surface area contributed by atoms with Gasteiger partial charge in [0.1, 0.15) is 17.7 Å². The minimum absolute atomic E-state index is 0.185. The highest BCUT2D eigenvalue weighted by atomic mass is 19.4. The summed E-state index contributed by atoms with van der Waals surface area (Å²) in [6.07, 6.45) is -1.55. The van der Waals surface area contributed by atoms with Crippen molar-refractivity contribution in [3.05, 3.63) is 60.0 Å². The fraction of sp³-hybridized carbons (Fsp3) is 0.381. The second-order valence-electron chi connectivity index (χ2n) is 6.85. The Morgan fingerprint density at radius 3 is 2.74 bits per heavy atom. The van der Waals surface area contributed by atoms with Crippen LogP contribution < -0.4 is 15.4 Å². The van der Waals surface area contributed by atoms with Crippen LogP contribution in [-0.2, 0) is 12.6 Å². The summed E-state index contributed by atoms with van der Waals surface area (Å²) in [5, 5.41) is 14.7. The summed E-state index contributed by atoms with van der Waals surface area (Å²) < 4.78 is 46.3. The molecule has 0 radical (unpaired) electrons. The summed E-state index contributed by atoms with van der Waals surface area (Å²) in [6, 6.07) is 10.6. The van der Waals surface area contributed by atoms with E-state index in [9.17, 15) is 13.2 Å². The molecule has 7 nitrogen and oxygen atoms in total. The first-order valence-corrected chi connectivity index (χ1v) is 9.97. The van der Waals surface area contributed by atoms with Gasteiger partial charge in [0.25, 0.3) is 0 Å². The first-order chi connectivity index (χ1) is 14.9. The van der Waals surface area contributed by atoms with Gasteiger partial charge >= 0.3 is 6.18 Å². The fourth-order valence-electron chi connectivity index (χ4n) is 2.99. The lowest BCUT2D eigenvalue weighted by atomic mass is 10.2. The Hall–Kier alpha value is -3.30. The predicted molar refractivity (Wildman–Crippen MR) is 112 cm³/mol. The quantitative estimate of drug-likeness (QED) is 0.420.